The second-order valence-electron chi connectivity index (χ2n) is 8.18. The maximum atomic E-state index is 13.5. The monoisotopic (exact) mass is 490 g/mol. The van der Waals surface area contributed by atoms with Crippen LogP contribution in [-0.2, 0) is 9.59 Å². The van der Waals surface area contributed by atoms with E-state index in [1.165, 1.54) is 11.0 Å². The highest BCUT2D eigenvalue weighted by Gasteiger charge is 2.41. The average Bonchev–Trinajstić information content (AvgIpc) is 3.46. The van der Waals surface area contributed by atoms with Gasteiger partial charge in [-0.05, 0) is 42.1 Å². The van der Waals surface area contributed by atoms with Gasteiger partial charge in [-0.2, -0.15) is 0 Å². The molecule has 2 aromatic carbocycles. The van der Waals surface area contributed by atoms with Crippen LogP contribution in [0.3, 0.4) is 0 Å². The molecule has 1 aliphatic heterocycles. The first-order valence-electron chi connectivity index (χ1n) is 11.1. The number of hydrogen-bond donors (Lipinski definition) is 3. The second kappa shape index (κ2) is 10.0. The standard InChI is InChI=1S/C26H26N4O4S/c1-4-18(20-14-9-15-35-20)27-21-22(26(34)30(25(21)33)16-10-6-5-7-11-16)28-19-13-8-12-17(23(19)31)24(32)29(2)3/h5-15,18,27-28,31H,4H2,1-3H3/t18-/m1/s1. The summed E-state index contributed by atoms with van der Waals surface area (Å²) in [5.41, 5.74) is 0.758. The van der Waals surface area contributed by atoms with Crippen LogP contribution in [0, 0.1) is 0 Å². The molecule has 0 bridgehead atoms. The molecule has 0 fully saturated rings. The molecule has 8 nitrogen and oxygen atoms in total. The zero-order valence-electron chi connectivity index (χ0n) is 19.6. The van der Waals surface area contributed by atoms with Crippen molar-refractivity contribution in [2.24, 2.45) is 0 Å². The fourth-order valence-corrected chi connectivity index (χ4v) is 4.68. The molecule has 1 atom stereocenters. The van der Waals surface area contributed by atoms with E-state index in [9.17, 15) is 19.5 Å². The molecule has 1 aliphatic rings. The van der Waals surface area contributed by atoms with Crippen molar-refractivity contribution < 1.29 is 19.5 Å². The number of nitrogens with one attached hydrogen (secondary N) is 2. The van der Waals surface area contributed by atoms with Crippen LogP contribution in [0.4, 0.5) is 11.4 Å². The topological polar surface area (TPSA) is 102 Å². The van der Waals surface area contributed by atoms with Gasteiger partial charge in [0.25, 0.3) is 17.7 Å². The van der Waals surface area contributed by atoms with Crippen molar-refractivity contribution in [3.8, 4) is 5.75 Å². The van der Waals surface area contributed by atoms with Crippen molar-refractivity contribution in [3.05, 3.63) is 87.9 Å². The summed E-state index contributed by atoms with van der Waals surface area (Å²) in [5, 5.41) is 18.9. The summed E-state index contributed by atoms with van der Waals surface area (Å²) >= 11 is 1.56. The van der Waals surface area contributed by atoms with Gasteiger partial charge in [0.15, 0.2) is 5.75 Å². The van der Waals surface area contributed by atoms with Gasteiger partial charge >= 0.3 is 0 Å². The normalized spacial score (nSPS) is 14.3. The average molecular weight is 491 g/mol. The van der Waals surface area contributed by atoms with Crippen molar-refractivity contribution in [1.82, 2.24) is 10.2 Å². The molecule has 0 aliphatic carbocycles. The molecule has 0 spiro atoms. The Balaban J connectivity index is 1.77. The van der Waals surface area contributed by atoms with Gasteiger partial charge in [0.05, 0.1) is 23.0 Å². The highest BCUT2D eigenvalue weighted by atomic mass is 32.1. The highest BCUT2D eigenvalue weighted by molar-refractivity contribution is 7.10. The lowest BCUT2D eigenvalue weighted by molar-refractivity contribution is -0.120. The van der Waals surface area contributed by atoms with E-state index in [0.29, 0.717) is 12.1 Å². The number of phenolic OH excluding ortho intramolecular Hbond substituents is 1. The minimum absolute atomic E-state index is 0.00129. The Hall–Kier alpha value is -4.11. The molecule has 3 amide bonds. The maximum Gasteiger partial charge on any atom is 0.284 e. The van der Waals surface area contributed by atoms with Gasteiger partial charge < -0.3 is 20.6 Å². The van der Waals surface area contributed by atoms with Crippen molar-refractivity contribution >= 4 is 40.4 Å². The lowest BCUT2D eigenvalue weighted by atomic mass is 10.1. The predicted molar refractivity (Wildman–Crippen MR) is 136 cm³/mol. The summed E-state index contributed by atoms with van der Waals surface area (Å²) < 4.78 is 0. The van der Waals surface area contributed by atoms with Gasteiger partial charge in [0, 0.05) is 19.0 Å². The van der Waals surface area contributed by atoms with Crippen LogP contribution in [0.25, 0.3) is 0 Å². The van der Waals surface area contributed by atoms with E-state index in [4.69, 9.17) is 0 Å². The molecule has 3 aromatic rings. The Kier molecular flexibility index (Phi) is 6.88. The van der Waals surface area contributed by atoms with Gasteiger partial charge in [-0.25, -0.2) is 4.90 Å². The van der Waals surface area contributed by atoms with E-state index < -0.39 is 11.8 Å². The van der Waals surface area contributed by atoms with Gasteiger partial charge in [0.2, 0.25) is 0 Å². The summed E-state index contributed by atoms with van der Waals surface area (Å²) in [6, 6.07) is 17.0. The second-order valence-corrected chi connectivity index (χ2v) is 9.16. The zero-order chi connectivity index (χ0) is 25.1. The number of hydrogen-bond acceptors (Lipinski definition) is 7. The Morgan fingerprint density at radius 1 is 1.00 bits per heavy atom. The fraction of sp³-hybridized carbons (Fsp3) is 0.192. The molecule has 3 N–H and O–H groups in total. The number of carbonyl (C=O) groups excluding carboxylic acids is 3. The van der Waals surface area contributed by atoms with Crippen LogP contribution in [0.1, 0.15) is 34.6 Å². The lowest BCUT2D eigenvalue weighted by Gasteiger charge is -2.19. The number of aromatic hydroxyl groups is 1. The third-order valence-electron chi connectivity index (χ3n) is 5.64. The summed E-state index contributed by atoms with van der Waals surface area (Å²) in [6.07, 6.45) is 0.683. The van der Waals surface area contributed by atoms with Crippen molar-refractivity contribution in [2.75, 3.05) is 24.3 Å². The SMILES string of the molecule is CC[C@@H](NC1=C(Nc2cccc(C(=O)N(C)C)c2O)C(=O)N(c2ccccc2)C1=O)c1cccs1. The Morgan fingerprint density at radius 3 is 2.34 bits per heavy atom. The maximum absolute atomic E-state index is 13.5. The molecule has 4 rings (SSSR count). The van der Waals surface area contributed by atoms with Crippen molar-refractivity contribution in [1.29, 1.82) is 0 Å². The lowest BCUT2D eigenvalue weighted by Crippen LogP contribution is -2.34. The molecule has 0 unspecified atom stereocenters. The molecule has 9 heteroatoms. The number of para-hydroxylation sites is 2. The zero-order valence-corrected chi connectivity index (χ0v) is 20.4. The third kappa shape index (κ3) is 4.63. The summed E-state index contributed by atoms with van der Waals surface area (Å²) in [6.45, 7) is 1.99. The van der Waals surface area contributed by atoms with Crippen LogP contribution >= 0.6 is 11.3 Å². The number of imide groups is 1. The van der Waals surface area contributed by atoms with Crippen molar-refractivity contribution in [2.45, 2.75) is 19.4 Å². The Morgan fingerprint density at radius 2 is 1.71 bits per heavy atom. The van der Waals surface area contributed by atoms with Crippen LogP contribution in [-0.4, -0.2) is 41.8 Å². The van der Waals surface area contributed by atoms with E-state index in [1.54, 1.807) is 67.9 Å². The number of carbonyl (C=O) groups is 3. The molecular weight excluding hydrogens is 464 g/mol. The fourth-order valence-electron chi connectivity index (χ4n) is 3.82. The number of phenols is 1. The first-order valence-corrected chi connectivity index (χ1v) is 12.0. The van der Waals surface area contributed by atoms with E-state index in [-0.39, 0.29) is 40.3 Å². The number of rotatable bonds is 8. The molecule has 0 radical (unpaired) electrons. The molecular formula is C26H26N4O4S. The predicted octanol–water partition coefficient (Wildman–Crippen LogP) is 4.09. The van der Waals surface area contributed by atoms with E-state index in [2.05, 4.69) is 10.6 Å². The number of amides is 3. The highest BCUT2D eigenvalue weighted by Crippen LogP contribution is 2.34. The molecule has 0 saturated carbocycles. The largest absolute Gasteiger partial charge is 0.505 e. The van der Waals surface area contributed by atoms with E-state index >= 15 is 0 Å². The molecule has 180 valence electrons. The summed E-state index contributed by atoms with van der Waals surface area (Å²) in [7, 11) is 3.16. The number of benzene rings is 2. The Bertz CT molecular complexity index is 1290. The van der Waals surface area contributed by atoms with Gasteiger partial charge in [-0.15, -0.1) is 11.3 Å². The van der Waals surface area contributed by atoms with E-state index in [1.807, 2.05) is 24.4 Å². The van der Waals surface area contributed by atoms with Crippen LogP contribution in [0.2, 0.25) is 0 Å². The van der Waals surface area contributed by atoms with Crippen LogP contribution in [0.5, 0.6) is 5.75 Å². The minimum atomic E-state index is -0.562. The summed E-state index contributed by atoms with van der Waals surface area (Å²) in [5.74, 6) is -1.75. The van der Waals surface area contributed by atoms with E-state index in [0.717, 1.165) is 9.78 Å². The number of nitrogens with zero attached hydrogens (tertiary/aromatic N) is 2. The van der Waals surface area contributed by atoms with Crippen LogP contribution < -0.4 is 15.5 Å². The quantitative estimate of drug-likeness (QED) is 0.325. The first kappa shape index (κ1) is 24.0. The molecule has 35 heavy (non-hydrogen) atoms. The van der Waals surface area contributed by atoms with Gasteiger partial charge in [-0.3, -0.25) is 14.4 Å². The summed E-state index contributed by atoms with van der Waals surface area (Å²) in [4.78, 5) is 43.0. The smallest absolute Gasteiger partial charge is 0.284 e. The van der Waals surface area contributed by atoms with Crippen molar-refractivity contribution in [3.63, 3.8) is 0 Å². The van der Waals surface area contributed by atoms with Gasteiger partial charge in [-0.1, -0.05) is 37.3 Å². The third-order valence-corrected chi connectivity index (χ3v) is 6.63. The first-order chi connectivity index (χ1) is 16.8. The molecule has 2 heterocycles. The molecule has 0 saturated heterocycles. The molecule has 1 aromatic heterocycles. The van der Waals surface area contributed by atoms with Gasteiger partial charge in [0.1, 0.15) is 11.4 Å². The number of thiophene rings is 1. The Labute approximate surface area is 207 Å². The van der Waals surface area contributed by atoms with Crippen LogP contribution in [0.15, 0.2) is 77.4 Å². The number of anilines is 2. The minimum Gasteiger partial charge on any atom is -0.505 e.